The Morgan fingerprint density at radius 3 is 2.74 bits per heavy atom. The molecule has 1 aliphatic carbocycles. The lowest BCUT2D eigenvalue weighted by Gasteiger charge is -2.42. The Hall–Kier alpha value is -2.42. The van der Waals surface area contributed by atoms with Gasteiger partial charge in [0.1, 0.15) is 12.2 Å². The largest absolute Gasteiger partial charge is 0.283 e. The highest BCUT2D eigenvalue weighted by Gasteiger charge is 2.41. The van der Waals surface area contributed by atoms with E-state index in [4.69, 9.17) is 4.99 Å². The standard InChI is InChI=1S/C20H19N3/c1-14-6-4-9-17-18(14)21-13-23(17)19-16-8-3-2-7-15(16)12-20(22-19)10-5-11-20/h2-4,6-9,13H,5,10-12H2,1H3. The van der Waals surface area contributed by atoms with E-state index in [2.05, 4.69) is 58.9 Å². The van der Waals surface area contributed by atoms with Crippen LogP contribution in [0.1, 0.15) is 36.0 Å². The molecule has 3 heteroatoms. The molecular formula is C20H19N3. The Balaban J connectivity index is 1.77. The zero-order valence-corrected chi connectivity index (χ0v) is 13.3. The van der Waals surface area contributed by atoms with Crippen molar-refractivity contribution in [1.29, 1.82) is 0 Å². The number of para-hydroxylation sites is 1. The Kier molecular flexibility index (Phi) is 2.58. The van der Waals surface area contributed by atoms with E-state index in [1.54, 1.807) is 0 Å². The molecule has 23 heavy (non-hydrogen) atoms. The van der Waals surface area contributed by atoms with Crippen LogP contribution in [0, 0.1) is 6.92 Å². The van der Waals surface area contributed by atoms with Gasteiger partial charge in [0.05, 0.1) is 16.6 Å². The van der Waals surface area contributed by atoms with Gasteiger partial charge in [-0.25, -0.2) is 4.98 Å². The van der Waals surface area contributed by atoms with Crippen molar-refractivity contribution in [2.24, 2.45) is 4.99 Å². The smallest absolute Gasteiger partial charge is 0.141 e. The summed E-state index contributed by atoms with van der Waals surface area (Å²) in [5.74, 6) is 1.07. The summed E-state index contributed by atoms with van der Waals surface area (Å²) in [4.78, 5) is 9.86. The molecule has 2 aliphatic rings. The van der Waals surface area contributed by atoms with Crippen molar-refractivity contribution in [1.82, 2.24) is 9.55 Å². The summed E-state index contributed by atoms with van der Waals surface area (Å²) < 4.78 is 2.18. The van der Waals surface area contributed by atoms with Crippen molar-refractivity contribution in [3.8, 4) is 0 Å². The molecule has 0 amide bonds. The molecule has 1 aromatic heterocycles. The van der Waals surface area contributed by atoms with Gasteiger partial charge in [-0.3, -0.25) is 9.56 Å². The summed E-state index contributed by atoms with van der Waals surface area (Å²) in [5, 5.41) is 0. The first-order valence-corrected chi connectivity index (χ1v) is 8.37. The third-order valence-electron chi connectivity index (χ3n) is 5.41. The van der Waals surface area contributed by atoms with Gasteiger partial charge in [-0.2, -0.15) is 0 Å². The van der Waals surface area contributed by atoms with Crippen LogP contribution in [0.15, 0.2) is 53.8 Å². The van der Waals surface area contributed by atoms with E-state index in [0.29, 0.717) is 0 Å². The normalized spacial score (nSPS) is 18.6. The molecule has 3 nitrogen and oxygen atoms in total. The summed E-state index contributed by atoms with van der Waals surface area (Å²) in [6, 6.07) is 15.1. The van der Waals surface area contributed by atoms with Gasteiger partial charge in [0.25, 0.3) is 0 Å². The monoisotopic (exact) mass is 301 g/mol. The molecule has 5 rings (SSSR count). The topological polar surface area (TPSA) is 30.2 Å². The Morgan fingerprint density at radius 1 is 1.04 bits per heavy atom. The van der Waals surface area contributed by atoms with Crippen molar-refractivity contribution in [3.05, 3.63) is 65.5 Å². The van der Waals surface area contributed by atoms with Gasteiger partial charge in [-0.05, 0) is 49.8 Å². The first kappa shape index (κ1) is 13.1. The predicted molar refractivity (Wildman–Crippen MR) is 93.1 cm³/mol. The van der Waals surface area contributed by atoms with Crippen molar-refractivity contribution in [2.75, 3.05) is 0 Å². The molecular weight excluding hydrogens is 282 g/mol. The number of imidazole rings is 1. The molecule has 0 unspecified atom stereocenters. The molecule has 0 N–H and O–H groups in total. The molecule has 0 bridgehead atoms. The van der Waals surface area contributed by atoms with Crippen LogP contribution < -0.4 is 0 Å². The number of aryl methyl sites for hydroxylation is 1. The van der Waals surface area contributed by atoms with E-state index in [1.807, 2.05) is 6.33 Å². The lowest BCUT2D eigenvalue weighted by molar-refractivity contribution is 0.247. The molecule has 1 spiro atoms. The highest BCUT2D eigenvalue weighted by molar-refractivity contribution is 6.06. The van der Waals surface area contributed by atoms with Gasteiger partial charge >= 0.3 is 0 Å². The second kappa shape index (κ2) is 4.54. The first-order valence-electron chi connectivity index (χ1n) is 8.37. The molecule has 1 saturated carbocycles. The Labute approximate surface area is 135 Å². The minimum Gasteiger partial charge on any atom is -0.283 e. The second-order valence-electron chi connectivity index (χ2n) is 6.90. The number of nitrogens with zero attached hydrogens (tertiary/aromatic N) is 3. The molecule has 1 fully saturated rings. The number of hydrogen-bond donors (Lipinski definition) is 0. The average molecular weight is 301 g/mol. The fraction of sp³-hybridized carbons (Fsp3) is 0.300. The van der Waals surface area contributed by atoms with Gasteiger partial charge in [0, 0.05) is 5.56 Å². The fourth-order valence-electron chi connectivity index (χ4n) is 3.98. The molecule has 2 aromatic carbocycles. The third-order valence-corrected chi connectivity index (χ3v) is 5.41. The molecule has 2 heterocycles. The van der Waals surface area contributed by atoms with Crippen LogP contribution >= 0.6 is 0 Å². The second-order valence-corrected chi connectivity index (χ2v) is 6.90. The van der Waals surface area contributed by atoms with Crippen LogP contribution in [0.4, 0.5) is 0 Å². The fourth-order valence-corrected chi connectivity index (χ4v) is 3.98. The zero-order valence-electron chi connectivity index (χ0n) is 13.3. The average Bonchev–Trinajstić information content (AvgIpc) is 2.98. The zero-order chi connectivity index (χ0) is 15.4. The van der Waals surface area contributed by atoms with E-state index in [0.717, 1.165) is 23.3 Å². The van der Waals surface area contributed by atoms with E-state index in [1.165, 1.54) is 36.0 Å². The molecule has 0 saturated heterocycles. The number of aromatic nitrogens is 2. The SMILES string of the molecule is Cc1cccc2c1ncn2C1=NC2(CCC2)Cc2ccccc21. The minimum absolute atomic E-state index is 0.129. The third kappa shape index (κ3) is 1.83. The minimum atomic E-state index is 0.129. The quantitative estimate of drug-likeness (QED) is 0.614. The summed E-state index contributed by atoms with van der Waals surface area (Å²) in [6.45, 7) is 2.11. The number of benzene rings is 2. The van der Waals surface area contributed by atoms with Gasteiger partial charge in [0.15, 0.2) is 0 Å². The molecule has 1 aliphatic heterocycles. The van der Waals surface area contributed by atoms with E-state index < -0.39 is 0 Å². The molecule has 114 valence electrons. The lowest BCUT2D eigenvalue weighted by Crippen LogP contribution is -2.42. The van der Waals surface area contributed by atoms with Crippen LogP contribution in [0.25, 0.3) is 11.0 Å². The van der Waals surface area contributed by atoms with Crippen molar-refractivity contribution in [3.63, 3.8) is 0 Å². The van der Waals surface area contributed by atoms with E-state index in [-0.39, 0.29) is 5.54 Å². The summed E-state index contributed by atoms with van der Waals surface area (Å²) in [6.07, 6.45) is 6.72. The van der Waals surface area contributed by atoms with Crippen molar-refractivity contribution < 1.29 is 0 Å². The van der Waals surface area contributed by atoms with Crippen molar-refractivity contribution >= 4 is 16.9 Å². The van der Waals surface area contributed by atoms with Crippen LogP contribution in [0.2, 0.25) is 0 Å². The highest BCUT2D eigenvalue weighted by atomic mass is 15.1. The number of fused-ring (bicyclic) bond motifs is 2. The van der Waals surface area contributed by atoms with Crippen LogP contribution in [0.3, 0.4) is 0 Å². The maximum Gasteiger partial charge on any atom is 0.141 e. The Bertz CT molecular complexity index is 944. The highest BCUT2D eigenvalue weighted by Crippen LogP contribution is 2.42. The van der Waals surface area contributed by atoms with Gasteiger partial charge in [-0.15, -0.1) is 0 Å². The molecule has 3 aromatic rings. The summed E-state index contributed by atoms with van der Waals surface area (Å²) in [7, 11) is 0. The number of hydrogen-bond acceptors (Lipinski definition) is 2. The lowest BCUT2D eigenvalue weighted by atomic mass is 9.71. The van der Waals surface area contributed by atoms with Gasteiger partial charge in [0.2, 0.25) is 0 Å². The maximum absolute atomic E-state index is 5.22. The predicted octanol–water partition coefficient (Wildman–Crippen LogP) is 4.12. The van der Waals surface area contributed by atoms with Gasteiger partial charge < -0.3 is 0 Å². The van der Waals surface area contributed by atoms with Crippen LogP contribution in [-0.4, -0.2) is 20.9 Å². The molecule has 0 radical (unpaired) electrons. The number of rotatable bonds is 0. The summed E-state index contributed by atoms with van der Waals surface area (Å²) >= 11 is 0. The maximum atomic E-state index is 5.22. The van der Waals surface area contributed by atoms with Crippen LogP contribution in [0.5, 0.6) is 0 Å². The van der Waals surface area contributed by atoms with Crippen LogP contribution in [-0.2, 0) is 6.42 Å². The van der Waals surface area contributed by atoms with E-state index in [9.17, 15) is 0 Å². The number of aliphatic imine (C=N–C) groups is 1. The van der Waals surface area contributed by atoms with Crippen molar-refractivity contribution in [2.45, 2.75) is 38.1 Å². The van der Waals surface area contributed by atoms with Gasteiger partial charge in [-0.1, -0.05) is 36.4 Å². The Morgan fingerprint density at radius 2 is 1.91 bits per heavy atom. The molecule has 0 atom stereocenters. The first-order chi connectivity index (χ1) is 11.3. The van der Waals surface area contributed by atoms with E-state index >= 15 is 0 Å². The summed E-state index contributed by atoms with van der Waals surface area (Å²) in [5.41, 5.74) is 6.24.